The number of hydrogen-bond acceptors (Lipinski definition) is 5. The number of aliphatic hydroxyl groups is 2. The first kappa shape index (κ1) is 21.5. The van der Waals surface area contributed by atoms with Crippen LogP contribution in [0.1, 0.15) is 42.1 Å². The zero-order valence-corrected chi connectivity index (χ0v) is 17.9. The standard InChI is InChI=1S/C23H23ClFNO3S/c24-20-6-4-14(21-11-17(28)10-18(13-27)29-21)8-16(20)9-19-2-1-3-22(30-19)15-5-7-23(25)26-12-15/h2-8,12,17-18,21,27-28H,1,9-11,13H2/t17-,18-,21?/m0/s1. The van der Waals surface area contributed by atoms with Crippen molar-refractivity contribution in [3.8, 4) is 0 Å². The summed E-state index contributed by atoms with van der Waals surface area (Å²) in [5, 5.41) is 20.2. The molecule has 0 radical (unpaired) electrons. The molecule has 7 heteroatoms. The first-order valence-electron chi connectivity index (χ1n) is 9.93. The Kier molecular flexibility index (Phi) is 6.91. The van der Waals surface area contributed by atoms with Gasteiger partial charge in [0.15, 0.2) is 0 Å². The molecule has 158 valence electrons. The van der Waals surface area contributed by atoms with Crippen molar-refractivity contribution in [3.63, 3.8) is 0 Å². The summed E-state index contributed by atoms with van der Waals surface area (Å²) in [6.45, 7) is -0.106. The van der Waals surface area contributed by atoms with E-state index < -0.39 is 12.1 Å². The van der Waals surface area contributed by atoms with Gasteiger partial charge in [0.2, 0.25) is 5.95 Å². The van der Waals surface area contributed by atoms with E-state index in [-0.39, 0.29) is 18.8 Å². The van der Waals surface area contributed by atoms with Crippen LogP contribution in [-0.4, -0.2) is 34.0 Å². The fraction of sp³-hybridized carbons (Fsp3) is 0.348. The molecule has 4 nitrogen and oxygen atoms in total. The molecule has 2 aliphatic heterocycles. The summed E-state index contributed by atoms with van der Waals surface area (Å²) < 4.78 is 19.1. The maximum Gasteiger partial charge on any atom is 0.212 e. The highest BCUT2D eigenvalue weighted by Gasteiger charge is 2.29. The van der Waals surface area contributed by atoms with E-state index >= 15 is 0 Å². The van der Waals surface area contributed by atoms with Crippen LogP contribution < -0.4 is 0 Å². The van der Waals surface area contributed by atoms with E-state index in [0.29, 0.717) is 24.3 Å². The second-order valence-corrected chi connectivity index (χ2v) is 9.10. The number of aromatic nitrogens is 1. The van der Waals surface area contributed by atoms with Crippen molar-refractivity contribution < 1.29 is 19.3 Å². The fourth-order valence-corrected chi connectivity index (χ4v) is 5.06. The van der Waals surface area contributed by atoms with Gasteiger partial charge in [0.1, 0.15) is 0 Å². The van der Waals surface area contributed by atoms with E-state index in [0.717, 1.165) is 32.9 Å². The molecule has 2 N–H and O–H groups in total. The van der Waals surface area contributed by atoms with E-state index in [9.17, 15) is 14.6 Å². The Hall–Kier alpha value is -1.70. The zero-order valence-electron chi connectivity index (χ0n) is 16.3. The minimum Gasteiger partial charge on any atom is -0.394 e. The molecule has 4 rings (SSSR count). The quantitative estimate of drug-likeness (QED) is 0.628. The molecule has 3 atom stereocenters. The normalized spacial score (nSPS) is 24.3. The number of thioether (sulfide) groups is 1. The van der Waals surface area contributed by atoms with Crippen molar-refractivity contribution >= 4 is 28.3 Å². The lowest BCUT2D eigenvalue weighted by atomic mass is 9.94. The summed E-state index contributed by atoms with van der Waals surface area (Å²) in [6.07, 6.45) is 7.11. The van der Waals surface area contributed by atoms with E-state index in [1.165, 1.54) is 6.07 Å². The monoisotopic (exact) mass is 447 g/mol. The molecule has 0 bridgehead atoms. The number of nitrogens with zero attached hydrogens (tertiary/aromatic N) is 1. The number of benzene rings is 1. The smallest absolute Gasteiger partial charge is 0.212 e. The number of aliphatic hydroxyl groups excluding tert-OH is 2. The van der Waals surface area contributed by atoms with Crippen molar-refractivity contribution in [2.24, 2.45) is 0 Å². The van der Waals surface area contributed by atoms with Gasteiger partial charge in [0, 0.05) is 41.0 Å². The maximum atomic E-state index is 13.1. The van der Waals surface area contributed by atoms with Crippen LogP contribution in [0.4, 0.5) is 4.39 Å². The second kappa shape index (κ2) is 9.62. The molecule has 1 unspecified atom stereocenters. The van der Waals surface area contributed by atoms with Crippen LogP contribution in [0, 0.1) is 5.95 Å². The topological polar surface area (TPSA) is 62.6 Å². The summed E-state index contributed by atoms with van der Waals surface area (Å²) in [7, 11) is 0. The van der Waals surface area contributed by atoms with Gasteiger partial charge in [-0.2, -0.15) is 4.39 Å². The van der Waals surface area contributed by atoms with Crippen LogP contribution in [0.5, 0.6) is 0 Å². The molecule has 0 amide bonds. The van der Waals surface area contributed by atoms with Crippen LogP contribution in [0.3, 0.4) is 0 Å². The molecule has 2 aromatic rings. The molecule has 0 aliphatic carbocycles. The van der Waals surface area contributed by atoms with E-state index in [1.807, 2.05) is 18.2 Å². The number of pyridine rings is 1. The average Bonchev–Trinajstić information content (AvgIpc) is 2.75. The molecular weight excluding hydrogens is 425 g/mol. The van der Waals surface area contributed by atoms with E-state index in [4.69, 9.17) is 16.3 Å². The van der Waals surface area contributed by atoms with E-state index in [1.54, 1.807) is 24.0 Å². The minimum absolute atomic E-state index is 0.106. The number of ether oxygens (including phenoxy) is 1. The first-order chi connectivity index (χ1) is 14.5. The SMILES string of the molecule is OC[C@@H]1C[C@H](O)CC(c2ccc(Cl)c(CC3=CCC=C(c4ccc(F)nc4)S3)c2)O1. The molecule has 1 aromatic heterocycles. The van der Waals surface area contributed by atoms with Gasteiger partial charge in [-0.3, -0.25) is 0 Å². The van der Waals surface area contributed by atoms with Gasteiger partial charge in [0.05, 0.1) is 24.9 Å². The van der Waals surface area contributed by atoms with Gasteiger partial charge in [-0.15, -0.1) is 0 Å². The Labute approximate surface area is 184 Å². The van der Waals surface area contributed by atoms with Crippen LogP contribution >= 0.6 is 23.4 Å². The molecule has 3 heterocycles. The Balaban J connectivity index is 1.49. The average molecular weight is 448 g/mol. The first-order valence-corrected chi connectivity index (χ1v) is 11.1. The number of halogens is 2. The predicted molar refractivity (Wildman–Crippen MR) is 118 cm³/mol. The zero-order chi connectivity index (χ0) is 21.1. The molecule has 1 fully saturated rings. The largest absolute Gasteiger partial charge is 0.394 e. The molecule has 0 saturated carbocycles. The van der Waals surface area contributed by atoms with Crippen LogP contribution in [0.25, 0.3) is 4.91 Å². The highest BCUT2D eigenvalue weighted by molar-refractivity contribution is 8.11. The van der Waals surface area contributed by atoms with Gasteiger partial charge < -0.3 is 14.9 Å². The molecule has 1 aromatic carbocycles. The molecular formula is C23H23ClFNO3S. The summed E-state index contributed by atoms with van der Waals surface area (Å²) >= 11 is 8.11. The van der Waals surface area contributed by atoms with Gasteiger partial charge in [-0.05, 0) is 40.7 Å². The Morgan fingerprint density at radius 3 is 2.83 bits per heavy atom. The second-order valence-electron chi connectivity index (χ2n) is 7.53. The Morgan fingerprint density at radius 2 is 2.07 bits per heavy atom. The lowest BCUT2D eigenvalue weighted by Gasteiger charge is -2.32. The Morgan fingerprint density at radius 1 is 1.20 bits per heavy atom. The number of allylic oxidation sites excluding steroid dienone is 3. The van der Waals surface area contributed by atoms with Crippen LogP contribution in [0.15, 0.2) is 53.6 Å². The Bertz CT molecular complexity index is 963. The summed E-state index contributed by atoms with van der Waals surface area (Å²) in [5.74, 6) is -0.488. The van der Waals surface area contributed by atoms with E-state index in [2.05, 4.69) is 17.1 Å². The number of rotatable bonds is 5. The van der Waals surface area contributed by atoms with Crippen molar-refractivity contribution in [1.82, 2.24) is 4.98 Å². The predicted octanol–water partition coefficient (Wildman–Crippen LogP) is 5.05. The summed E-state index contributed by atoms with van der Waals surface area (Å²) in [5.41, 5.74) is 2.83. The highest BCUT2D eigenvalue weighted by Crippen LogP contribution is 2.40. The molecule has 30 heavy (non-hydrogen) atoms. The summed E-state index contributed by atoms with van der Waals surface area (Å²) in [4.78, 5) is 5.96. The third-order valence-corrected chi connectivity index (χ3v) is 6.85. The van der Waals surface area contributed by atoms with Gasteiger partial charge in [-0.25, -0.2) is 4.98 Å². The molecule has 0 spiro atoms. The molecule has 2 aliphatic rings. The van der Waals surface area contributed by atoms with Crippen molar-refractivity contribution in [1.29, 1.82) is 0 Å². The van der Waals surface area contributed by atoms with Crippen LogP contribution in [-0.2, 0) is 11.2 Å². The fourth-order valence-electron chi connectivity index (χ4n) is 3.77. The third kappa shape index (κ3) is 5.13. The summed E-state index contributed by atoms with van der Waals surface area (Å²) in [6, 6.07) is 8.91. The van der Waals surface area contributed by atoms with Gasteiger partial charge >= 0.3 is 0 Å². The number of hydrogen-bond donors (Lipinski definition) is 2. The van der Waals surface area contributed by atoms with Gasteiger partial charge in [-0.1, -0.05) is 47.6 Å². The highest BCUT2D eigenvalue weighted by atomic mass is 35.5. The molecule has 1 saturated heterocycles. The van der Waals surface area contributed by atoms with Gasteiger partial charge in [0.25, 0.3) is 0 Å². The van der Waals surface area contributed by atoms with Crippen molar-refractivity contribution in [2.75, 3.05) is 6.61 Å². The van der Waals surface area contributed by atoms with Crippen molar-refractivity contribution in [2.45, 2.75) is 44.0 Å². The van der Waals surface area contributed by atoms with Crippen LogP contribution in [0.2, 0.25) is 5.02 Å². The lowest BCUT2D eigenvalue weighted by molar-refractivity contribution is -0.113. The third-order valence-electron chi connectivity index (χ3n) is 5.29. The minimum atomic E-state index is -0.492. The lowest BCUT2D eigenvalue weighted by Crippen LogP contribution is -2.33. The maximum absolute atomic E-state index is 13.1. The van der Waals surface area contributed by atoms with Crippen molar-refractivity contribution in [3.05, 3.63) is 81.2 Å².